The molecule has 21 heavy (non-hydrogen) atoms. The Labute approximate surface area is 125 Å². The van der Waals surface area contributed by atoms with Gasteiger partial charge in [-0.05, 0) is 35.4 Å². The van der Waals surface area contributed by atoms with Crippen molar-refractivity contribution in [1.82, 2.24) is 25.5 Å². The van der Waals surface area contributed by atoms with Crippen molar-refractivity contribution < 1.29 is 4.74 Å². The number of nitrogens with zero attached hydrogens (tertiary/aromatic N) is 4. The second-order valence-electron chi connectivity index (χ2n) is 5.00. The molecule has 6 heteroatoms. The summed E-state index contributed by atoms with van der Waals surface area (Å²) >= 11 is 0. The number of ether oxygens (including phenoxy) is 1. The molecular formula is C15H23N5O. The molecule has 0 aliphatic carbocycles. The van der Waals surface area contributed by atoms with Crippen LogP contribution in [-0.4, -0.2) is 40.5 Å². The fourth-order valence-corrected chi connectivity index (χ4v) is 2.30. The number of hydrogen-bond acceptors (Lipinski definition) is 5. The van der Waals surface area contributed by atoms with Crippen LogP contribution in [0.1, 0.15) is 37.7 Å². The molecule has 2 aromatic rings. The van der Waals surface area contributed by atoms with E-state index in [1.54, 1.807) is 7.11 Å². The molecule has 1 atom stereocenters. The summed E-state index contributed by atoms with van der Waals surface area (Å²) in [5, 5.41) is 15.5. The lowest BCUT2D eigenvalue weighted by molar-refractivity contribution is 0.196. The van der Waals surface area contributed by atoms with Gasteiger partial charge in [0.1, 0.15) is 0 Å². The third-order valence-corrected chi connectivity index (χ3v) is 3.38. The smallest absolute Gasteiger partial charge is 0.173 e. The summed E-state index contributed by atoms with van der Waals surface area (Å²) in [5.74, 6) is 0.814. The van der Waals surface area contributed by atoms with E-state index < -0.39 is 0 Å². The maximum absolute atomic E-state index is 5.05. The Balaban J connectivity index is 2.23. The van der Waals surface area contributed by atoms with Gasteiger partial charge in [-0.25, -0.2) is 0 Å². The van der Waals surface area contributed by atoms with Crippen LogP contribution in [0.15, 0.2) is 24.3 Å². The fourth-order valence-electron chi connectivity index (χ4n) is 2.30. The number of rotatable bonds is 8. The molecule has 1 aromatic heterocycles. The lowest BCUT2D eigenvalue weighted by Gasteiger charge is -2.15. The van der Waals surface area contributed by atoms with Gasteiger partial charge in [0.05, 0.1) is 18.3 Å². The molecule has 6 nitrogen and oxygen atoms in total. The number of para-hydroxylation sites is 1. The second kappa shape index (κ2) is 7.85. The first-order chi connectivity index (χ1) is 10.3. The lowest BCUT2D eigenvalue weighted by Crippen LogP contribution is -2.25. The maximum atomic E-state index is 5.05. The number of benzene rings is 1. The predicted molar refractivity (Wildman–Crippen MR) is 81.4 cm³/mol. The van der Waals surface area contributed by atoms with Gasteiger partial charge in [0.15, 0.2) is 5.82 Å². The molecule has 0 fully saturated rings. The van der Waals surface area contributed by atoms with Gasteiger partial charge in [-0.15, -0.1) is 5.10 Å². The van der Waals surface area contributed by atoms with Crippen LogP contribution in [-0.2, 0) is 11.2 Å². The van der Waals surface area contributed by atoms with Gasteiger partial charge >= 0.3 is 0 Å². The number of nitrogens with one attached hydrogen (secondary N) is 1. The summed E-state index contributed by atoms with van der Waals surface area (Å²) in [4.78, 5) is 0. The number of aryl methyl sites for hydroxylation is 1. The first kappa shape index (κ1) is 15.6. The molecular weight excluding hydrogens is 266 g/mol. The van der Waals surface area contributed by atoms with Crippen molar-refractivity contribution in [3.8, 4) is 5.69 Å². The van der Waals surface area contributed by atoms with E-state index in [0.717, 1.165) is 30.9 Å². The summed E-state index contributed by atoms with van der Waals surface area (Å²) in [6.45, 7) is 5.66. The fraction of sp³-hybridized carbons (Fsp3) is 0.533. The number of aromatic nitrogens is 4. The average molecular weight is 289 g/mol. The van der Waals surface area contributed by atoms with Gasteiger partial charge in [-0.1, -0.05) is 31.5 Å². The molecule has 1 heterocycles. The van der Waals surface area contributed by atoms with Crippen molar-refractivity contribution in [2.24, 2.45) is 0 Å². The van der Waals surface area contributed by atoms with E-state index in [1.165, 1.54) is 5.56 Å². The Hall–Kier alpha value is -1.79. The highest BCUT2D eigenvalue weighted by atomic mass is 16.5. The van der Waals surface area contributed by atoms with Gasteiger partial charge in [0.2, 0.25) is 0 Å². The Morgan fingerprint density at radius 2 is 2.14 bits per heavy atom. The van der Waals surface area contributed by atoms with E-state index in [1.807, 2.05) is 10.7 Å². The first-order valence-corrected chi connectivity index (χ1v) is 7.36. The van der Waals surface area contributed by atoms with Crippen LogP contribution in [0.4, 0.5) is 0 Å². The zero-order valence-corrected chi connectivity index (χ0v) is 12.9. The molecule has 0 bridgehead atoms. The van der Waals surface area contributed by atoms with Gasteiger partial charge < -0.3 is 10.1 Å². The van der Waals surface area contributed by atoms with Gasteiger partial charge in [-0.2, -0.15) is 4.68 Å². The molecule has 0 spiro atoms. The van der Waals surface area contributed by atoms with E-state index in [0.29, 0.717) is 6.61 Å². The molecule has 1 unspecified atom stereocenters. The van der Waals surface area contributed by atoms with Crippen molar-refractivity contribution in [3.05, 3.63) is 35.7 Å². The normalized spacial score (nSPS) is 12.5. The van der Waals surface area contributed by atoms with Crippen molar-refractivity contribution in [1.29, 1.82) is 0 Å². The molecule has 0 aliphatic heterocycles. The molecule has 1 aromatic carbocycles. The monoisotopic (exact) mass is 289 g/mol. The van der Waals surface area contributed by atoms with Crippen LogP contribution >= 0.6 is 0 Å². The molecule has 0 aliphatic rings. The quantitative estimate of drug-likeness (QED) is 0.752. The number of hydrogen-bond donors (Lipinski definition) is 1. The summed E-state index contributed by atoms with van der Waals surface area (Å²) in [6.07, 6.45) is 2.11. The zero-order chi connectivity index (χ0) is 15.1. The van der Waals surface area contributed by atoms with E-state index in [-0.39, 0.29) is 6.04 Å². The van der Waals surface area contributed by atoms with E-state index >= 15 is 0 Å². The van der Waals surface area contributed by atoms with Gasteiger partial charge in [0.25, 0.3) is 0 Å². The standard InChI is InChI=1S/C15H23N5O/c1-4-7-13-8-5-6-9-14(13)20-15(17-18-19-20)12(2)16-10-11-21-3/h5-6,8-9,12,16H,4,7,10-11H2,1-3H3. The van der Waals surface area contributed by atoms with Crippen LogP contribution in [0.5, 0.6) is 0 Å². The molecule has 0 radical (unpaired) electrons. The predicted octanol–water partition coefficient (Wildman–Crippen LogP) is 1.91. The van der Waals surface area contributed by atoms with Crippen molar-refractivity contribution in [2.45, 2.75) is 32.7 Å². The van der Waals surface area contributed by atoms with E-state index in [2.05, 4.69) is 52.9 Å². The van der Waals surface area contributed by atoms with Crippen LogP contribution in [0, 0.1) is 0 Å². The highest BCUT2D eigenvalue weighted by Crippen LogP contribution is 2.19. The number of tetrazole rings is 1. The van der Waals surface area contributed by atoms with Crippen molar-refractivity contribution >= 4 is 0 Å². The van der Waals surface area contributed by atoms with Crippen LogP contribution in [0.3, 0.4) is 0 Å². The van der Waals surface area contributed by atoms with E-state index in [4.69, 9.17) is 4.74 Å². The Bertz CT molecular complexity index is 555. The molecule has 2 rings (SSSR count). The Kier molecular flexibility index (Phi) is 5.83. The molecule has 1 N–H and O–H groups in total. The van der Waals surface area contributed by atoms with Crippen molar-refractivity contribution in [2.75, 3.05) is 20.3 Å². The molecule has 0 amide bonds. The topological polar surface area (TPSA) is 64.9 Å². The third kappa shape index (κ3) is 3.86. The average Bonchev–Trinajstić information content (AvgIpc) is 2.98. The molecule has 0 saturated heterocycles. The van der Waals surface area contributed by atoms with Gasteiger partial charge in [-0.3, -0.25) is 0 Å². The minimum Gasteiger partial charge on any atom is -0.383 e. The van der Waals surface area contributed by atoms with E-state index in [9.17, 15) is 0 Å². The zero-order valence-electron chi connectivity index (χ0n) is 12.9. The summed E-state index contributed by atoms with van der Waals surface area (Å²) in [6, 6.07) is 8.33. The lowest BCUT2D eigenvalue weighted by atomic mass is 10.1. The SMILES string of the molecule is CCCc1ccccc1-n1nnnc1C(C)NCCOC. The number of methoxy groups -OCH3 is 1. The minimum absolute atomic E-state index is 0.0600. The minimum atomic E-state index is 0.0600. The van der Waals surface area contributed by atoms with Crippen LogP contribution in [0.25, 0.3) is 5.69 Å². The Morgan fingerprint density at radius 3 is 2.90 bits per heavy atom. The van der Waals surface area contributed by atoms with Crippen LogP contribution in [0.2, 0.25) is 0 Å². The molecule has 114 valence electrons. The first-order valence-electron chi connectivity index (χ1n) is 7.36. The van der Waals surface area contributed by atoms with Crippen LogP contribution < -0.4 is 5.32 Å². The summed E-state index contributed by atoms with van der Waals surface area (Å²) < 4.78 is 6.88. The Morgan fingerprint density at radius 1 is 1.33 bits per heavy atom. The highest BCUT2D eigenvalue weighted by Gasteiger charge is 2.16. The second-order valence-corrected chi connectivity index (χ2v) is 5.00. The van der Waals surface area contributed by atoms with Crippen molar-refractivity contribution in [3.63, 3.8) is 0 Å². The summed E-state index contributed by atoms with van der Waals surface area (Å²) in [5.41, 5.74) is 2.32. The summed E-state index contributed by atoms with van der Waals surface area (Å²) in [7, 11) is 1.69. The molecule has 0 saturated carbocycles. The van der Waals surface area contributed by atoms with Gasteiger partial charge in [0, 0.05) is 13.7 Å². The largest absolute Gasteiger partial charge is 0.383 e. The maximum Gasteiger partial charge on any atom is 0.173 e. The highest BCUT2D eigenvalue weighted by molar-refractivity contribution is 5.40. The third-order valence-electron chi connectivity index (χ3n) is 3.38.